The zero-order chi connectivity index (χ0) is 11.7. The number of carbonyl (C=O) groups excluding carboxylic acids is 1. The fraction of sp³-hybridized carbons (Fsp3) is 0.500. The molecule has 1 aliphatic rings. The van der Waals surface area contributed by atoms with E-state index >= 15 is 0 Å². The van der Waals surface area contributed by atoms with Crippen molar-refractivity contribution < 1.29 is 4.79 Å². The van der Waals surface area contributed by atoms with Gasteiger partial charge in [0.05, 0.1) is 5.69 Å². The normalized spacial score (nSPS) is 16.8. The Kier molecular flexibility index (Phi) is 3.02. The summed E-state index contributed by atoms with van der Waals surface area (Å²) in [6.07, 6.45) is 0.799. The van der Waals surface area contributed by atoms with Gasteiger partial charge in [0.25, 0.3) is 5.91 Å². The third-order valence-electron chi connectivity index (χ3n) is 2.62. The van der Waals surface area contributed by atoms with Gasteiger partial charge in [0.2, 0.25) is 0 Å². The zero-order valence-electron chi connectivity index (χ0n) is 9.36. The molecule has 86 valence electrons. The number of fused-ring (bicyclic) bond motifs is 1. The lowest BCUT2D eigenvalue weighted by molar-refractivity contribution is 0.0958. The second kappa shape index (κ2) is 4.31. The summed E-state index contributed by atoms with van der Waals surface area (Å²) < 4.78 is 1.71. The average Bonchev–Trinajstić information content (AvgIpc) is 2.63. The predicted octanol–water partition coefficient (Wildman–Crippen LogP) is 0.254. The van der Waals surface area contributed by atoms with E-state index in [1.807, 2.05) is 7.05 Å². The van der Waals surface area contributed by atoms with E-state index in [0.717, 1.165) is 30.2 Å². The molecule has 2 rings (SSSR count). The van der Waals surface area contributed by atoms with Crippen LogP contribution in [-0.2, 0) is 6.54 Å². The van der Waals surface area contributed by atoms with Gasteiger partial charge in [-0.3, -0.25) is 4.79 Å². The lowest BCUT2D eigenvalue weighted by Gasteiger charge is -2.10. The molecule has 16 heavy (non-hydrogen) atoms. The van der Waals surface area contributed by atoms with Crippen LogP contribution >= 0.6 is 12.2 Å². The first-order valence-corrected chi connectivity index (χ1v) is 5.55. The smallest absolute Gasteiger partial charge is 0.271 e. The molecule has 6 heteroatoms. The van der Waals surface area contributed by atoms with Crippen molar-refractivity contribution in [2.45, 2.75) is 13.0 Å². The highest BCUT2D eigenvalue weighted by Gasteiger charge is 2.19. The Hall–Kier alpha value is -1.27. The number of thiocarbonyl (C=S) groups is 1. The maximum atomic E-state index is 11.5. The van der Waals surface area contributed by atoms with E-state index in [1.165, 1.54) is 0 Å². The van der Waals surface area contributed by atoms with Gasteiger partial charge >= 0.3 is 0 Å². The summed E-state index contributed by atoms with van der Waals surface area (Å²) in [5.74, 6) is -0.175. The van der Waals surface area contributed by atoms with E-state index < -0.39 is 0 Å². The Morgan fingerprint density at radius 3 is 3.06 bits per heavy atom. The van der Waals surface area contributed by atoms with Gasteiger partial charge in [-0.15, -0.1) is 0 Å². The molecular weight excluding hydrogens is 224 g/mol. The fourth-order valence-corrected chi connectivity index (χ4v) is 1.98. The van der Waals surface area contributed by atoms with Crippen LogP contribution in [0.4, 0.5) is 0 Å². The number of amides is 1. The summed E-state index contributed by atoms with van der Waals surface area (Å²) in [7, 11) is 3.63. The van der Waals surface area contributed by atoms with Crippen molar-refractivity contribution in [2.75, 3.05) is 20.6 Å². The number of nitrogens with zero attached hydrogens (tertiary/aromatic N) is 3. The number of hydrogen-bond donors (Lipinski definition) is 1. The van der Waals surface area contributed by atoms with Crippen molar-refractivity contribution in [3.05, 3.63) is 17.5 Å². The van der Waals surface area contributed by atoms with Crippen LogP contribution in [0, 0.1) is 0 Å². The highest BCUT2D eigenvalue weighted by Crippen LogP contribution is 2.13. The minimum Gasteiger partial charge on any atom is -0.354 e. The number of aromatic nitrogens is 2. The Bertz CT molecular complexity index is 440. The molecule has 0 spiro atoms. The number of rotatable bonds is 1. The first kappa shape index (κ1) is 11.2. The molecule has 0 saturated heterocycles. The first-order valence-electron chi connectivity index (χ1n) is 5.14. The van der Waals surface area contributed by atoms with E-state index in [-0.39, 0.29) is 5.91 Å². The second-order valence-electron chi connectivity index (χ2n) is 3.89. The van der Waals surface area contributed by atoms with Crippen LogP contribution in [0.25, 0.3) is 0 Å². The van der Waals surface area contributed by atoms with E-state index in [2.05, 4.69) is 15.3 Å². The van der Waals surface area contributed by atoms with Gasteiger partial charge in [0.1, 0.15) is 4.99 Å². The molecule has 0 aromatic carbocycles. The summed E-state index contributed by atoms with van der Waals surface area (Å²) in [6.45, 7) is 1.70. The Balaban J connectivity index is 2.38. The molecule has 1 aliphatic heterocycles. The van der Waals surface area contributed by atoms with Crippen LogP contribution in [0.15, 0.2) is 6.07 Å². The van der Waals surface area contributed by atoms with Crippen LogP contribution in [-0.4, -0.2) is 46.2 Å². The molecule has 1 aromatic heterocycles. The van der Waals surface area contributed by atoms with E-state index in [0.29, 0.717) is 5.69 Å². The summed E-state index contributed by atoms with van der Waals surface area (Å²) in [4.78, 5) is 14.4. The summed E-state index contributed by atoms with van der Waals surface area (Å²) in [5.41, 5.74) is 1.40. The van der Waals surface area contributed by atoms with Crippen molar-refractivity contribution in [2.24, 2.45) is 0 Å². The zero-order valence-corrected chi connectivity index (χ0v) is 10.2. The molecule has 0 bridgehead atoms. The summed E-state index contributed by atoms with van der Waals surface area (Å²) in [6, 6.07) is 1.80. The molecule has 1 N–H and O–H groups in total. The minimum atomic E-state index is -0.175. The van der Waals surface area contributed by atoms with Gasteiger partial charge in [-0.2, -0.15) is 5.10 Å². The predicted molar refractivity (Wildman–Crippen MR) is 64.6 cm³/mol. The molecule has 0 radical (unpaired) electrons. The maximum Gasteiger partial charge on any atom is 0.271 e. The SMILES string of the molecule is CNC(=O)c1cc2n(n1)C(=S)CCN(C)C2. The van der Waals surface area contributed by atoms with Crippen LogP contribution in [0.2, 0.25) is 0 Å². The minimum absolute atomic E-state index is 0.175. The van der Waals surface area contributed by atoms with Gasteiger partial charge in [0.15, 0.2) is 5.69 Å². The number of hydrogen-bond acceptors (Lipinski definition) is 4. The average molecular weight is 238 g/mol. The van der Waals surface area contributed by atoms with Crippen LogP contribution in [0.5, 0.6) is 0 Å². The third-order valence-corrected chi connectivity index (χ3v) is 3.00. The molecule has 1 aromatic rings. The summed E-state index contributed by atoms with van der Waals surface area (Å²) in [5, 5.41) is 6.79. The lowest BCUT2D eigenvalue weighted by Crippen LogP contribution is -2.20. The third kappa shape index (κ3) is 1.98. The summed E-state index contributed by atoms with van der Waals surface area (Å²) >= 11 is 5.28. The molecule has 0 unspecified atom stereocenters. The maximum absolute atomic E-state index is 11.5. The molecule has 0 fully saturated rings. The Morgan fingerprint density at radius 1 is 1.62 bits per heavy atom. The molecule has 2 heterocycles. The fourth-order valence-electron chi connectivity index (χ4n) is 1.74. The Morgan fingerprint density at radius 2 is 2.38 bits per heavy atom. The monoisotopic (exact) mass is 238 g/mol. The molecule has 0 aliphatic carbocycles. The van der Waals surface area contributed by atoms with Crippen molar-refractivity contribution in [1.29, 1.82) is 0 Å². The highest BCUT2D eigenvalue weighted by molar-refractivity contribution is 7.80. The van der Waals surface area contributed by atoms with Crippen molar-refractivity contribution >= 4 is 23.1 Å². The Labute approximate surface area is 99.4 Å². The van der Waals surface area contributed by atoms with Gasteiger partial charge in [-0.25, -0.2) is 4.68 Å². The molecular formula is C10H14N4OS. The molecule has 0 atom stereocenters. The topological polar surface area (TPSA) is 50.2 Å². The molecule has 0 saturated carbocycles. The highest BCUT2D eigenvalue weighted by atomic mass is 32.1. The lowest BCUT2D eigenvalue weighted by atomic mass is 10.3. The van der Waals surface area contributed by atoms with Crippen molar-refractivity contribution in [3.63, 3.8) is 0 Å². The molecule has 5 nitrogen and oxygen atoms in total. The van der Waals surface area contributed by atoms with Crippen molar-refractivity contribution in [3.8, 4) is 0 Å². The second-order valence-corrected chi connectivity index (χ2v) is 4.36. The first-order chi connectivity index (χ1) is 7.61. The van der Waals surface area contributed by atoms with Gasteiger partial charge < -0.3 is 10.2 Å². The van der Waals surface area contributed by atoms with Gasteiger partial charge in [-0.1, -0.05) is 12.2 Å². The van der Waals surface area contributed by atoms with E-state index in [1.54, 1.807) is 17.8 Å². The van der Waals surface area contributed by atoms with E-state index in [4.69, 9.17) is 12.2 Å². The van der Waals surface area contributed by atoms with Gasteiger partial charge in [-0.05, 0) is 13.1 Å². The standard InChI is InChI=1S/C10H14N4OS/c1-11-10(15)8-5-7-6-13(2)4-3-9(16)14(7)12-8/h5H,3-4,6H2,1-2H3,(H,11,15). The van der Waals surface area contributed by atoms with Crippen LogP contribution in [0.3, 0.4) is 0 Å². The largest absolute Gasteiger partial charge is 0.354 e. The van der Waals surface area contributed by atoms with E-state index in [9.17, 15) is 4.79 Å². The number of nitrogens with one attached hydrogen (secondary N) is 1. The number of carbonyl (C=O) groups is 1. The quantitative estimate of drug-likeness (QED) is 0.713. The van der Waals surface area contributed by atoms with Crippen LogP contribution in [0.1, 0.15) is 22.6 Å². The van der Waals surface area contributed by atoms with Crippen LogP contribution < -0.4 is 5.32 Å². The van der Waals surface area contributed by atoms with Crippen molar-refractivity contribution in [1.82, 2.24) is 20.0 Å². The van der Waals surface area contributed by atoms with Gasteiger partial charge in [0, 0.05) is 26.6 Å². The molecule has 1 amide bonds.